The Morgan fingerprint density at radius 2 is 2.27 bits per heavy atom. The first-order valence-electron chi connectivity index (χ1n) is 4.31. The summed E-state index contributed by atoms with van der Waals surface area (Å²) in [5.41, 5.74) is 0. The van der Waals surface area contributed by atoms with Gasteiger partial charge in [0.2, 0.25) is 0 Å². The molecule has 0 saturated carbocycles. The molecule has 0 fully saturated rings. The normalized spacial score (nSPS) is 9.91. The zero-order valence-corrected chi connectivity index (χ0v) is 7.44. The Balaban J connectivity index is 2.74. The summed E-state index contributed by atoms with van der Waals surface area (Å²) in [7, 11) is 0. The Bertz CT molecular complexity index is 83.6. The van der Waals surface area contributed by atoms with Gasteiger partial charge in [-0.15, -0.1) is 6.58 Å². The Morgan fingerprint density at radius 1 is 1.45 bits per heavy atom. The second-order valence-corrected chi connectivity index (χ2v) is 2.46. The number of hydrogen-bond acceptors (Lipinski definition) is 2. The molecule has 66 valence electrons. The fraction of sp³-hybridized carbons (Fsp3) is 0.778. The van der Waals surface area contributed by atoms with E-state index in [1.807, 2.05) is 6.08 Å². The highest BCUT2D eigenvalue weighted by Gasteiger charge is 1.85. The van der Waals surface area contributed by atoms with Gasteiger partial charge in [0.15, 0.2) is 0 Å². The van der Waals surface area contributed by atoms with Crippen molar-refractivity contribution in [2.45, 2.75) is 19.8 Å². The van der Waals surface area contributed by atoms with Crippen LogP contribution in [0.1, 0.15) is 19.8 Å². The zero-order valence-electron chi connectivity index (χ0n) is 7.44. The molecule has 0 aromatic heterocycles. The van der Waals surface area contributed by atoms with Crippen LogP contribution in [0.2, 0.25) is 0 Å². The predicted molar refractivity (Wildman–Crippen MR) is 48.8 cm³/mol. The van der Waals surface area contributed by atoms with Gasteiger partial charge in [0, 0.05) is 19.7 Å². The van der Waals surface area contributed by atoms with Crippen LogP contribution in [-0.4, -0.2) is 26.3 Å². The van der Waals surface area contributed by atoms with Gasteiger partial charge in [0.25, 0.3) is 0 Å². The van der Waals surface area contributed by atoms with Crippen LogP contribution >= 0.6 is 0 Å². The van der Waals surface area contributed by atoms with E-state index in [1.54, 1.807) is 0 Å². The second-order valence-electron chi connectivity index (χ2n) is 2.46. The summed E-state index contributed by atoms with van der Waals surface area (Å²) in [6.07, 6.45) is 4.23. The van der Waals surface area contributed by atoms with E-state index in [1.165, 1.54) is 12.8 Å². The molecule has 0 saturated heterocycles. The lowest BCUT2D eigenvalue weighted by molar-refractivity contribution is 0.133. The first-order chi connectivity index (χ1) is 5.41. The quantitative estimate of drug-likeness (QED) is 0.426. The van der Waals surface area contributed by atoms with Crippen molar-refractivity contribution in [3.8, 4) is 0 Å². The minimum Gasteiger partial charge on any atom is -0.380 e. The van der Waals surface area contributed by atoms with Crippen molar-refractivity contribution in [3.63, 3.8) is 0 Å². The van der Waals surface area contributed by atoms with Gasteiger partial charge >= 0.3 is 0 Å². The molecule has 11 heavy (non-hydrogen) atoms. The molecule has 0 atom stereocenters. The fourth-order valence-electron chi connectivity index (χ4n) is 0.697. The third kappa shape index (κ3) is 9.66. The van der Waals surface area contributed by atoms with Crippen LogP contribution in [0, 0.1) is 0 Å². The topological polar surface area (TPSA) is 21.3 Å². The van der Waals surface area contributed by atoms with Crippen LogP contribution < -0.4 is 5.32 Å². The molecule has 0 radical (unpaired) electrons. The molecular weight excluding hydrogens is 138 g/mol. The van der Waals surface area contributed by atoms with E-state index in [2.05, 4.69) is 18.8 Å². The minimum atomic E-state index is 0.813. The molecule has 0 bridgehead atoms. The highest BCUT2D eigenvalue weighted by Crippen LogP contribution is 1.86. The summed E-state index contributed by atoms with van der Waals surface area (Å²) in [5.74, 6) is 0. The van der Waals surface area contributed by atoms with Gasteiger partial charge in [-0.05, 0) is 6.42 Å². The standard InChI is InChI=1S/C9H19NO/c1-3-5-8-11-9-7-10-6-4-2/h4,10H,2-3,5-9H2,1H3. The van der Waals surface area contributed by atoms with Crippen LogP contribution in [0.15, 0.2) is 12.7 Å². The molecule has 0 aliphatic heterocycles. The van der Waals surface area contributed by atoms with Crippen LogP contribution in [0.4, 0.5) is 0 Å². The Morgan fingerprint density at radius 3 is 2.91 bits per heavy atom. The molecule has 1 N–H and O–H groups in total. The summed E-state index contributed by atoms with van der Waals surface area (Å²) in [6, 6.07) is 0. The van der Waals surface area contributed by atoms with Crippen molar-refractivity contribution >= 4 is 0 Å². The fourth-order valence-corrected chi connectivity index (χ4v) is 0.697. The van der Waals surface area contributed by atoms with Crippen LogP contribution in [-0.2, 0) is 4.74 Å². The van der Waals surface area contributed by atoms with Crippen molar-refractivity contribution in [2.75, 3.05) is 26.3 Å². The van der Waals surface area contributed by atoms with E-state index < -0.39 is 0 Å². The maximum Gasteiger partial charge on any atom is 0.0591 e. The Labute approximate surface area is 69.6 Å². The number of unbranched alkanes of at least 4 members (excludes halogenated alkanes) is 1. The second kappa shape index (κ2) is 9.66. The molecule has 0 aromatic rings. The van der Waals surface area contributed by atoms with Gasteiger partial charge in [-0.3, -0.25) is 0 Å². The SMILES string of the molecule is C=CCNCCOCCCC. The zero-order chi connectivity index (χ0) is 8.36. The summed E-state index contributed by atoms with van der Waals surface area (Å²) in [6.45, 7) is 9.28. The maximum absolute atomic E-state index is 5.32. The minimum absolute atomic E-state index is 0.813. The molecule has 0 heterocycles. The molecule has 0 spiro atoms. The molecular formula is C9H19NO. The average molecular weight is 157 g/mol. The first-order valence-corrected chi connectivity index (χ1v) is 4.31. The smallest absolute Gasteiger partial charge is 0.0591 e. The van der Waals surface area contributed by atoms with Crippen molar-refractivity contribution in [1.82, 2.24) is 5.32 Å². The Kier molecular flexibility index (Phi) is 9.36. The predicted octanol–water partition coefficient (Wildman–Crippen LogP) is 1.58. The maximum atomic E-state index is 5.32. The first kappa shape index (κ1) is 10.7. The summed E-state index contributed by atoms with van der Waals surface area (Å²) < 4.78 is 5.32. The van der Waals surface area contributed by atoms with E-state index >= 15 is 0 Å². The number of hydrogen-bond donors (Lipinski definition) is 1. The Hall–Kier alpha value is -0.340. The lowest BCUT2D eigenvalue weighted by Gasteiger charge is -2.02. The van der Waals surface area contributed by atoms with Gasteiger partial charge in [-0.25, -0.2) is 0 Å². The summed E-state index contributed by atoms with van der Waals surface area (Å²) >= 11 is 0. The highest BCUT2D eigenvalue weighted by molar-refractivity contribution is 4.68. The number of rotatable bonds is 8. The lowest BCUT2D eigenvalue weighted by atomic mass is 10.4. The van der Waals surface area contributed by atoms with E-state index in [-0.39, 0.29) is 0 Å². The third-order valence-corrected chi connectivity index (χ3v) is 1.35. The molecule has 0 unspecified atom stereocenters. The van der Waals surface area contributed by atoms with E-state index in [0.717, 1.165) is 26.3 Å². The molecule has 2 heteroatoms. The summed E-state index contributed by atoms with van der Waals surface area (Å²) in [5, 5.41) is 3.17. The van der Waals surface area contributed by atoms with Gasteiger partial charge in [-0.1, -0.05) is 19.4 Å². The molecule has 0 rings (SSSR count). The van der Waals surface area contributed by atoms with Gasteiger partial charge in [0.05, 0.1) is 6.61 Å². The molecule has 2 nitrogen and oxygen atoms in total. The van der Waals surface area contributed by atoms with Crippen molar-refractivity contribution in [1.29, 1.82) is 0 Å². The molecule has 0 aliphatic rings. The van der Waals surface area contributed by atoms with Gasteiger partial charge in [0.1, 0.15) is 0 Å². The van der Waals surface area contributed by atoms with E-state index in [4.69, 9.17) is 4.74 Å². The van der Waals surface area contributed by atoms with E-state index in [9.17, 15) is 0 Å². The largest absolute Gasteiger partial charge is 0.380 e. The lowest BCUT2D eigenvalue weighted by Crippen LogP contribution is -2.19. The van der Waals surface area contributed by atoms with Gasteiger partial charge < -0.3 is 10.1 Å². The highest BCUT2D eigenvalue weighted by atomic mass is 16.5. The third-order valence-electron chi connectivity index (χ3n) is 1.35. The molecule has 0 aromatic carbocycles. The average Bonchev–Trinajstić information content (AvgIpc) is 2.03. The molecule has 0 amide bonds. The van der Waals surface area contributed by atoms with E-state index in [0.29, 0.717) is 0 Å². The number of ether oxygens (including phenoxy) is 1. The van der Waals surface area contributed by atoms with Crippen LogP contribution in [0.5, 0.6) is 0 Å². The monoisotopic (exact) mass is 157 g/mol. The van der Waals surface area contributed by atoms with Crippen molar-refractivity contribution in [2.24, 2.45) is 0 Å². The molecule has 0 aliphatic carbocycles. The number of nitrogens with one attached hydrogen (secondary N) is 1. The van der Waals surface area contributed by atoms with Crippen molar-refractivity contribution in [3.05, 3.63) is 12.7 Å². The van der Waals surface area contributed by atoms with Crippen molar-refractivity contribution < 1.29 is 4.74 Å². The summed E-state index contributed by atoms with van der Waals surface area (Å²) in [4.78, 5) is 0. The van der Waals surface area contributed by atoms with Gasteiger partial charge in [-0.2, -0.15) is 0 Å². The van der Waals surface area contributed by atoms with Crippen LogP contribution in [0.25, 0.3) is 0 Å². The van der Waals surface area contributed by atoms with Crippen LogP contribution in [0.3, 0.4) is 0 Å².